The number of morpholine rings is 1. The van der Waals surface area contributed by atoms with Gasteiger partial charge in [-0.3, -0.25) is 9.89 Å². The first-order valence-electron chi connectivity index (χ1n) is 7.76. The maximum absolute atomic E-state index is 12.2. The molecular formula is C14H27F3N4O. The topological polar surface area (TPSA) is 48.9 Å². The second kappa shape index (κ2) is 9.19. The molecule has 0 radical (unpaired) electrons. The van der Waals surface area contributed by atoms with E-state index in [9.17, 15) is 13.2 Å². The molecule has 130 valence electrons. The van der Waals surface area contributed by atoms with Crippen molar-refractivity contribution >= 4 is 5.96 Å². The molecule has 0 aromatic heterocycles. The smallest absolute Gasteiger partial charge is 0.379 e. The maximum Gasteiger partial charge on any atom is 0.390 e. The van der Waals surface area contributed by atoms with E-state index in [-0.39, 0.29) is 12.6 Å². The third-order valence-electron chi connectivity index (χ3n) is 3.54. The van der Waals surface area contributed by atoms with Gasteiger partial charge in [0.25, 0.3) is 0 Å². The lowest BCUT2D eigenvalue weighted by Crippen LogP contribution is -2.49. The average Bonchev–Trinajstić information content (AvgIpc) is 2.43. The summed E-state index contributed by atoms with van der Waals surface area (Å²) in [4.78, 5) is 6.70. The Balaban J connectivity index is 2.46. The zero-order valence-electron chi connectivity index (χ0n) is 13.5. The van der Waals surface area contributed by atoms with Crippen LogP contribution in [0, 0.1) is 0 Å². The first kappa shape index (κ1) is 19.0. The lowest BCUT2D eigenvalue weighted by Gasteiger charge is -2.37. The predicted molar refractivity (Wildman–Crippen MR) is 81.1 cm³/mol. The summed E-state index contributed by atoms with van der Waals surface area (Å²) in [5.74, 6) is 0.430. The van der Waals surface area contributed by atoms with Crippen molar-refractivity contribution in [2.24, 2.45) is 4.99 Å². The van der Waals surface area contributed by atoms with Gasteiger partial charge in [-0.1, -0.05) is 0 Å². The number of halogens is 3. The summed E-state index contributed by atoms with van der Waals surface area (Å²) in [5, 5.41) is 5.69. The Hall–Kier alpha value is -1.02. The average molecular weight is 324 g/mol. The number of aliphatic imine (C=N–C) groups is 1. The van der Waals surface area contributed by atoms with Crippen molar-refractivity contribution < 1.29 is 17.9 Å². The summed E-state index contributed by atoms with van der Waals surface area (Å²) in [6, 6.07) is 0.552. The van der Waals surface area contributed by atoms with E-state index >= 15 is 0 Å². The molecule has 8 heteroatoms. The van der Waals surface area contributed by atoms with Crippen LogP contribution in [-0.2, 0) is 4.74 Å². The van der Waals surface area contributed by atoms with Gasteiger partial charge in [0.1, 0.15) is 0 Å². The van der Waals surface area contributed by atoms with Crippen LogP contribution < -0.4 is 10.6 Å². The lowest BCUT2D eigenvalue weighted by atomic mass is 10.2. The van der Waals surface area contributed by atoms with Crippen LogP contribution in [0.3, 0.4) is 0 Å². The van der Waals surface area contributed by atoms with Crippen molar-refractivity contribution in [1.82, 2.24) is 15.5 Å². The van der Waals surface area contributed by atoms with Gasteiger partial charge in [-0.15, -0.1) is 0 Å². The van der Waals surface area contributed by atoms with Crippen molar-refractivity contribution in [1.29, 1.82) is 0 Å². The van der Waals surface area contributed by atoms with E-state index in [1.165, 1.54) is 0 Å². The monoisotopic (exact) mass is 324 g/mol. The van der Waals surface area contributed by atoms with Crippen LogP contribution in [0.25, 0.3) is 0 Å². The van der Waals surface area contributed by atoms with E-state index in [1.54, 1.807) is 0 Å². The molecule has 1 aliphatic rings. The summed E-state index contributed by atoms with van der Waals surface area (Å²) in [7, 11) is 0. The number of nitrogens with zero attached hydrogens (tertiary/aromatic N) is 2. The van der Waals surface area contributed by atoms with Gasteiger partial charge in [0.2, 0.25) is 0 Å². The van der Waals surface area contributed by atoms with Gasteiger partial charge in [0.05, 0.1) is 26.2 Å². The van der Waals surface area contributed by atoms with Gasteiger partial charge in [-0.05, 0) is 20.8 Å². The van der Waals surface area contributed by atoms with E-state index in [1.807, 2.05) is 6.92 Å². The fourth-order valence-electron chi connectivity index (χ4n) is 2.39. The molecule has 2 atom stereocenters. The van der Waals surface area contributed by atoms with Gasteiger partial charge in [0.15, 0.2) is 5.96 Å². The van der Waals surface area contributed by atoms with E-state index < -0.39 is 12.6 Å². The standard InChI is InChI=1S/C14H27F3N4O/c1-4-18-13(19-6-5-14(15,16)17)20-9-11(2)21-7-8-22-10-12(21)3/h11-12H,4-10H2,1-3H3,(H2,18,19,20). The Bertz CT molecular complexity index is 349. The number of ether oxygens (including phenoxy) is 1. The van der Waals surface area contributed by atoms with Crippen molar-refractivity contribution in [3.8, 4) is 0 Å². The molecule has 0 aromatic carbocycles. The molecule has 22 heavy (non-hydrogen) atoms. The lowest BCUT2D eigenvalue weighted by molar-refractivity contribution is -0.132. The van der Waals surface area contributed by atoms with Gasteiger partial charge in [-0.2, -0.15) is 13.2 Å². The Morgan fingerprint density at radius 1 is 1.41 bits per heavy atom. The molecule has 0 saturated carbocycles. The van der Waals surface area contributed by atoms with Crippen molar-refractivity contribution in [3.05, 3.63) is 0 Å². The molecule has 5 nitrogen and oxygen atoms in total. The highest BCUT2D eigenvalue weighted by Crippen LogP contribution is 2.18. The SMILES string of the molecule is CCNC(=NCC(C)N1CCOCC1C)NCCC(F)(F)F. The third-order valence-corrected chi connectivity index (χ3v) is 3.54. The van der Waals surface area contributed by atoms with Gasteiger partial charge in [0, 0.05) is 31.7 Å². The minimum atomic E-state index is -4.15. The van der Waals surface area contributed by atoms with E-state index in [2.05, 4.69) is 34.4 Å². The normalized spacial score (nSPS) is 22.5. The Morgan fingerprint density at radius 2 is 2.14 bits per heavy atom. The number of hydrogen-bond donors (Lipinski definition) is 2. The molecule has 1 rings (SSSR count). The predicted octanol–water partition coefficient (Wildman–Crippen LogP) is 1.60. The van der Waals surface area contributed by atoms with E-state index in [0.29, 0.717) is 38.3 Å². The van der Waals surface area contributed by atoms with Gasteiger partial charge in [-0.25, -0.2) is 0 Å². The molecule has 2 N–H and O–H groups in total. The Labute approximate surface area is 130 Å². The van der Waals surface area contributed by atoms with Crippen LogP contribution in [0.5, 0.6) is 0 Å². The van der Waals surface area contributed by atoms with Gasteiger partial charge < -0.3 is 15.4 Å². The minimum absolute atomic E-state index is 0.169. The Morgan fingerprint density at radius 3 is 2.73 bits per heavy atom. The first-order valence-corrected chi connectivity index (χ1v) is 7.76. The molecule has 0 bridgehead atoms. The van der Waals surface area contributed by atoms with Crippen LogP contribution in [0.2, 0.25) is 0 Å². The highest BCUT2D eigenvalue weighted by molar-refractivity contribution is 5.79. The molecule has 1 saturated heterocycles. The van der Waals surface area contributed by atoms with Crippen LogP contribution in [-0.4, -0.2) is 68.5 Å². The molecular weight excluding hydrogens is 297 g/mol. The molecule has 1 fully saturated rings. The summed E-state index contributed by atoms with van der Waals surface area (Å²) in [5.41, 5.74) is 0. The fourth-order valence-corrected chi connectivity index (χ4v) is 2.39. The molecule has 0 spiro atoms. The largest absolute Gasteiger partial charge is 0.390 e. The fraction of sp³-hybridized carbons (Fsp3) is 0.929. The highest BCUT2D eigenvalue weighted by atomic mass is 19.4. The minimum Gasteiger partial charge on any atom is -0.379 e. The number of nitrogens with one attached hydrogen (secondary N) is 2. The van der Waals surface area contributed by atoms with Crippen LogP contribution in [0.15, 0.2) is 4.99 Å². The molecule has 0 amide bonds. The zero-order valence-corrected chi connectivity index (χ0v) is 13.5. The highest BCUT2D eigenvalue weighted by Gasteiger charge is 2.26. The van der Waals surface area contributed by atoms with Gasteiger partial charge >= 0.3 is 6.18 Å². The number of hydrogen-bond acceptors (Lipinski definition) is 3. The molecule has 0 aromatic rings. The Kier molecular flexibility index (Phi) is 7.95. The van der Waals surface area contributed by atoms with Crippen LogP contribution in [0.1, 0.15) is 27.2 Å². The summed E-state index contributed by atoms with van der Waals surface area (Å²) in [6.07, 6.45) is -5.02. The molecule has 0 aliphatic carbocycles. The van der Waals surface area contributed by atoms with Crippen LogP contribution >= 0.6 is 0 Å². The number of rotatable bonds is 6. The van der Waals surface area contributed by atoms with Crippen molar-refractivity contribution in [3.63, 3.8) is 0 Å². The maximum atomic E-state index is 12.2. The summed E-state index contributed by atoms with van der Waals surface area (Å²) < 4.78 is 41.9. The van der Waals surface area contributed by atoms with Crippen molar-refractivity contribution in [2.45, 2.75) is 45.5 Å². The quantitative estimate of drug-likeness (QED) is 0.576. The van der Waals surface area contributed by atoms with E-state index in [0.717, 1.165) is 6.54 Å². The second-order valence-corrected chi connectivity index (χ2v) is 5.52. The zero-order chi connectivity index (χ0) is 16.6. The summed E-state index contributed by atoms with van der Waals surface area (Å²) in [6.45, 7) is 9.31. The second-order valence-electron chi connectivity index (χ2n) is 5.52. The first-order chi connectivity index (χ1) is 10.3. The third kappa shape index (κ3) is 7.31. The molecule has 2 unspecified atom stereocenters. The summed E-state index contributed by atoms with van der Waals surface area (Å²) >= 11 is 0. The van der Waals surface area contributed by atoms with E-state index in [4.69, 9.17) is 4.74 Å². The van der Waals surface area contributed by atoms with Crippen molar-refractivity contribution in [2.75, 3.05) is 39.4 Å². The van der Waals surface area contributed by atoms with Crippen LogP contribution in [0.4, 0.5) is 13.2 Å². The number of alkyl halides is 3. The number of guanidine groups is 1. The molecule has 1 aliphatic heterocycles. The molecule has 1 heterocycles.